The lowest BCUT2D eigenvalue weighted by molar-refractivity contribution is -0.136. The van der Waals surface area contributed by atoms with Gasteiger partial charge in [-0.2, -0.15) is 0 Å². The number of carbonyl (C=O) groups is 2. The van der Waals surface area contributed by atoms with Crippen molar-refractivity contribution in [2.24, 2.45) is 0 Å². The predicted octanol–water partition coefficient (Wildman–Crippen LogP) is 3.86. The molecule has 0 bridgehead atoms. The molecule has 1 atom stereocenters. The van der Waals surface area contributed by atoms with E-state index in [-0.39, 0.29) is 12.6 Å². The van der Waals surface area contributed by atoms with Crippen molar-refractivity contribution in [1.29, 1.82) is 0 Å². The molecule has 0 heterocycles. The van der Waals surface area contributed by atoms with Crippen LogP contribution in [0, 0.1) is 0 Å². The van der Waals surface area contributed by atoms with Gasteiger partial charge in [0, 0.05) is 12.2 Å². The van der Waals surface area contributed by atoms with E-state index in [4.69, 9.17) is 16.3 Å². The van der Waals surface area contributed by atoms with Gasteiger partial charge in [0.2, 0.25) is 0 Å². The second-order valence-corrected chi connectivity index (χ2v) is 7.47. The highest BCUT2D eigenvalue weighted by Crippen LogP contribution is 2.28. The minimum atomic E-state index is -0.758. The molecule has 3 aromatic carbocycles. The predicted molar refractivity (Wildman–Crippen MR) is 120 cm³/mol. The summed E-state index contributed by atoms with van der Waals surface area (Å²) in [5, 5.41) is 7.88. The number of fused-ring (bicyclic) bond motifs is 1. The molecule has 6 nitrogen and oxygen atoms in total. The maximum Gasteiger partial charge on any atom is 0.313 e. The van der Waals surface area contributed by atoms with E-state index in [1.165, 1.54) is 13.2 Å². The van der Waals surface area contributed by atoms with E-state index >= 15 is 0 Å². The molecule has 30 heavy (non-hydrogen) atoms. The van der Waals surface area contributed by atoms with Crippen molar-refractivity contribution in [1.82, 2.24) is 10.2 Å². The van der Waals surface area contributed by atoms with Gasteiger partial charge in [0.25, 0.3) is 0 Å². The Morgan fingerprint density at radius 3 is 2.47 bits per heavy atom. The van der Waals surface area contributed by atoms with Crippen molar-refractivity contribution < 1.29 is 14.3 Å². The minimum absolute atomic E-state index is 0.0942. The average Bonchev–Trinajstić information content (AvgIpc) is 2.73. The molecule has 0 spiro atoms. The molecule has 156 valence electrons. The number of amides is 2. The van der Waals surface area contributed by atoms with Gasteiger partial charge in [-0.05, 0) is 48.6 Å². The first-order valence-corrected chi connectivity index (χ1v) is 9.85. The van der Waals surface area contributed by atoms with Crippen LogP contribution in [-0.4, -0.2) is 44.5 Å². The van der Waals surface area contributed by atoms with Gasteiger partial charge in [-0.3, -0.25) is 9.59 Å². The number of ether oxygens (including phenoxy) is 1. The second-order valence-electron chi connectivity index (χ2n) is 7.06. The Kier molecular flexibility index (Phi) is 6.92. The first-order valence-electron chi connectivity index (χ1n) is 9.47. The average molecular weight is 426 g/mol. The molecule has 0 aromatic heterocycles. The van der Waals surface area contributed by atoms with Gasteiger partial charge in [0.15, 0.2) is 0 Å². The Hall–Kier alpha value is -3.09. The minimum Gasteiger partial charge on any atom is -0.495 e. The van der Waals surface area contributed by atoms with E-state index in [1.807, 2.05) is 43.3 Å². The summed E-state index contributed by atoms with van der Waals surface area (Å²) in [6.45, 7) is 0.288. The van der Waals surface area contributed by atoms with E-state index in [2.05, 4.69) is 28.8 Å². The van der Waals surface area contributed by atoms with Gasteiger partial charge in [0.1, 0.15) is 5.75 Å². The monoisotopic (exact) mass is 425 g/mol. The summed E-state index contributed by atoms with van der Waals surface area (Å²) in [6, 6.07) is 18.9. The van der Waals surface area contributed by atoms with Gasteiger partial charge < -0.3 is 20.3 Å². The lowest BCUT2D eigenvalue weighted by Gasteiger charge is -2.26. The molecule has 0 saturated carbocycles. The Labute approximate surface area is 180 Å². The van der Waals surface area contributed by atoms with Crippen LogP contribution in [0.1, 0.15) is 11.6 Å². The zero-order chi connectivity index (χ0) is 21.7. The summed E-state index contributed by atoms with van der Waals surface area (Å²) in [5.41, 5.74) is 1.50. The van der Waals surface area contributed by atoms with Crippen molar-refractivity contribution in [3.05, 3.63) is 71.2 Å². The van der Waals surface area contributed by atoms with Gasteiger partial charge in [-0.1, -0.05) is 54.1 Å². The first kappa shape index (κ1) is 21.6. The number of hydrogen-bond acceptors (Lipinski definition) is 4. The Morgan fingerprint density at radius 1 is 1.03 bits per heavy atom. The summed E-state index contributed by atoms with van der Waals surface area (Å²) in [7, 11) is 5.39. The highest BCUT2D eigenvalue weighted by Gasteiger charge is 2.20. The standard InChI is InChI=1S/C23H24ClN3O3/c1-27(2)20(18-10-6-8-15-7-4-5-9-17(15)18)14-25-22(28)23(29)26-16-11-12-21(30-3)19(24)13-16/h4-13,20H,14H2,1-3H3,(H,25,28)(H,26,29). The Balaban J connectivity index is 1.69. The Morgan fingerprint density at radius 2 is 1.77 bits per heavy atom. The van der Waals surface area contributed by atoms with Crippen molar-refractivity contribution in [2.45, 2.75) is 6.04 Å². The van der Waals surface area contributed by atoms with Gasteiger partial charge in [-0.15, -0.1) is 0 Å². The number of nitrogens with zero attached hydrogens (tertiary/aromatic N) is 1. The van der Waals surface area contributed by atoms with Gasteiger partial charge >= 0.3 is 11.8 Å². The van der Waals surface area contributed by atoms with Crippen LogP contribution in [0.3, 0.4) is 0 Å². The summed E-state index contributed by atoms with van der Waals surface area (Å²) >= 11 is 6.06. The zero-order valence-corrected chi connectivity index (χ0v) is 17.9. The molecular formula is C23H24ClN3O3. The number of benzene rings is 3. The fraction of sp³-hybridized carbons (Fsp3) is 0.217. The summed E-state index contributed by atoms with van der Waals surface area (Å²) in [4.78, 5) is 26.7. The van der Waals surface area contributed by atoms with Crippen LogP contribution < -0.4 is 15.4 Å². The maximum absolute atomic E-state index is 12.4. The summed E-state index contributed by atoms with van der Waals surface area (Å²) in [6.07, 6.45) is 0. The first-order chi connectivity index (χ1) is 14.4. The van der Waals surface area contributed by atoms with Crippen LogP contribution in [0.5, 0.6) is 5.75 Å². The molecule has 0 aliphatic carbocycles. The normalized spacial score (nSPS) is 11.9. The number of rotatable bonds is 6. The number of nitrogens with one attached hydrogen (secondary N) is 2. The molecular weight excluding hydrogens is 402 g/mol. The van der Waals surface area contributed by atoms with Crippen LogP contribution in [0.25, 0.3) is 10.8 Å². The molecule has 0 fully saturated rings. The molecule has 0 saturated heterocycles. The van der Waals surface area contributed by atoms with Crippen molar-refractivity contribution in [2.75, 3.05) is 33.1 Å². The number of methoxy groups -OCH3 is 1. The van der Waals surface area contributed by atoms with Gasteiger partial charge in [0.05, 0.1) is 18.2 Å². The highest BCUT2D eigenvalue weighted by atomic mass is 35.5. The van der Waals surface area contributed by atoms with E-state index in [1.54, 1.807) is 12.1 Å². The molecule has 0 aliphatic rings. The smallest absolute Gasteiger partial charge is 0.313 e. The summed E-state index contributed by atoms with van der Waals surface area (Å²) in [5.74, 6) is -0.983. The third-order valence-corrected chi connectivity index (χ3v) is 5.17. The van der Waals surface area contributed by atoms with E-state index in [0.29, 0.717) is 16.5 Å². The van der Waals surface area contributed by atoms with Crippen molar-refractivity contribution >= 4 is 39.9 Å². The topological polar surface area (TPSA) is 70.7 Å². The number of halogens is 1. The number of anilines is 1. The molecule has 0 radical (unpaired) electrons. The molecule has 3 aromatic rings. The quantitative estimate of drug-likeness (QED) is 0.588. The van der Waals surface area contributed by atoms with Crippen LogP contribution >= 0.6 is 11.6 Å². The van der Waals surface area contributed by atoms with Crippen LogP contribution in [0.4, 0.5) is 5.69 Å². The third-order valence-electron chi connectivity index (χ3n) is 4.88. The number of likely N-dealkylation sites (N-methyl/N-ethyl adjacent to an activating group) is 1. The van der Waals surface area contributed by atoms with E-state index in [9.17, 15) is 9.59 Å². The molecule has 3 rings (SSSR count). The zero-order valence-electron chi connectivity index (χ0n) is 17.1. The molecule has 2 N–H and O–H groups in total. The van der Waals surface area contributed by atoms with Crippen LogP contribution in [-0.2, 0) is 9.59 Å². The summed E-state index contributed by atoms with van der Waals surface area (Å²) < 4.78 is 5.08. The number of hydrogen-bond donors (Lipinski definition) is 2. The largest absolute Gasteiger partial charge is 0.495 e. The third kappa shape index (κ3) is 4.90. The molecule has 0 aliphatic heterocycles. The molecule has 2 amide bonds. The molecule has 7 heteroatoms. The van der Waals surface area contributed by atoms with E-state index in [0.717, 1.165) is 16.3 Å². The van der Waals surface area contributed by atoms with Gasteiger partial charge in [-0.25, -0.2) is 0 Å². The van der Waals surface area contributed by atoms with E-state index < -0.39 is 11.8 Å². The van der Waals surface area contributed by atoms with Crippen LogP contribution in [0.2, 0.25) is 5.02 Å². The molecule has 1 unspecified atom stereocenters. The maximum atomic E-state index is 12.4. The fourth-order valence-corrected chi connectivity index (χ4v) is 3.57. The Bertz CT molecular complexity index is 1060. The van der Waals surface area contributed by atoms with Crippen molar-refractivity contribution in [3.8, 4) is 5.75 Å². The lowest BCUT2D eigenvalue weighted by Crippen LogP contribution is -2.40. The number of carbonyl (C=O) groups excluding carboxylic acids is 2. The van der Waals surface area contributed by atoms with Crippen LogP contribution in [0.15, 0.2) is 60.7 Å². The fourth-order valence-electron chi connectivity index (χ4n) is 3.31. The SMILES string of the molecule is COc1ccc(NC(=O)C(=O)NCC(c2cccc3ccccc23)N(C)C)cc1Cl. The van der Waals surface area contributed by atoms with Crippen molar-refractivity contribution in [3.63, 3.8) is 0 Å². The highest BCUT2D eigenvalue weighted by molar-refractivity contribution is 6.40. The second kappa shape index (κ2) is 9.61. The lowest BCUT2D eigenvalue weighted by atomic mass is 9.98.